The molecule has 0 aromatic heterocycles. The summed E-state index contributed by atoms with van der Waals surface area (Å²) in [6, 6.07) is 14.5. The number of aromatic hydroxyl groups is 1. The second-order valence-electron chi connectivity index (χ2n) is 7.92. The molecule has 2 aromatic carbocycles. The van der Waals surface area contributed by atoms with Gasteiger partial charge in [0.1, 0.15) is 5.75 Å². The maximum atomic E-state index is 9.60. The van der Waals surface area contributed by atoms with Crippen molar-refractivity contribution in [3.05, 3.63) is 53.6 Å². The third-order valence-corrected chi connectivity index (χ3v) is 6.61. The molecule has 0 aliphatic carbocycles. The first-order valence-corrected chi connectivity index (χ1v) is 11.0. The summed E-state index contributed by atoms with van der Waals surface area (Å²) in [4.78, 5) is 3.35. The molecule has 1 unspecified atom stereocenters. The zero-order valence-electron chi connectivity index (χ0n) is 16.5. The number of rotatable bonds is 7. The molecule has 1 saturated heterocycles. The Labute approximate surface area is 176 Å². The van der Waals surface area contributed by atoms with E-state index in [2.05, 4.69) is 32.7 Å². The fourth-order valence-corrected chi connectivity index (χ4v) is 4.99. The summed E-state index contributed by atoms with van der Waals surface area (Å²) in [6.45, 7) is 4.10. The molecular weight excluding hydrogens is 386 g/mol. The van der Waals surface area contributed by atoms with Gasteiger partial charge in [0.25, 0.3) is 0 Å². The van der Waals surface area contributed by atoms with Gasteiger partial charge in [0.2, 0.25) is 0 Å². The molecule has 2 aliphatic rings. The second-order valence-corrected chi connectivity index (χ2v) is 9.09. The van der Waals surface area contributed by atoms with Crippen LogP contribution in [0.25, 0.3) is 0 Å². The number of phenolic OH excluding ortho intramolecular Hbond substituents is 1. The van der Waals surface area contributed by atoms with Crippen LogP contribution in [0.15, 0.2) is 47.4 Å². The number of β-amino-alcohol motifs (C(OH)–C–C–N with tert-alkyl or cyclic N) is 1. The van der Waals surface area contributed by atoms with Gasteiger partial charge in [-0.3, -0.25) is 0 Å². The molecule has 1 fully saturated rings. The number of fused-ring (bicyclic) bond motifs is 1. The number of hydrogen-bond acceptors (Lipinski definition) is 7. The van der Waals surface area contributed by atoms with Gasteiger partial charge in [-0.1, -0.05) is 6.07 Å². The Balaban J connectivity index is 1.29. The van der Waals surface area contributed by atoms with Gasteiger partial charge in [0.15, 0.2) is 0 Å². The first kappa shape index (κ1) is 20.5. The lowest BCUT2D eigenvalue weighted by Gasteiger charge is -2.33. The summed E-state index contributed by atoms with van der Waals surface area (Å²) < 4.78 is 2.34. The zero-order valence-corrected chi connectivity index (χ0v) is 17.3. The topological polar surface area (TPSA) is 79.2 Å². The fraction of sp³-hybridized carbons (Fsp3) is 0.455. The summed E-state index contributed by atoms with van der Waals surface area (Å²) >= 11 is 1.72. The Hall–Kier alpha value is -1.77. The minimum atomic E-state index is -0.640. The molecule has 156 valence electrons. The largest absolute Gasteiger partial charge is 0.508 e. The lowest BCUT2D eigenvalue weighted by Crippen LogP contribution is -2.43. The number of nitrogens with zero attached hydrogens (tertiary/aromatic N) is 2. The smallest absolute Gasteiger partial charge is 0.115 e. The van der Waals surface area contributed by atoms with Gasteiger partial charge in [0, 0.05) is 49.3 Å². The Morgan fingerprint density at radius 1 is 1.03 bits per heavy atom. The Morgan fingerprint density at radius 2 is 1.76 bits per heavy atom. The molecule has 4 N–H and O–H groups in total. The number of anilines is 1. The lowest BCUT2D eigenvalue weighted by atomic mass is 10.0. The highest BCUT2D eigenvalue weighted by atomic mass is 32.2. The van der Waals surface area contributed by atoms with E-state index in [0.717, 1.165) is 43.9 Å². The van der Waals surface area contributed by atoms with Gasteiger partial charge < -0.3 is 25.5 Å². The molecule has 6 nitrogen and oxygen atoms in total. The van der Waals surface area contributed by atoms with Gasteiger partial charge in [0.05, 0.1) is 12.7 Å². The average Bonchev–Trinajstić information content (AvgIpc) is 3.12. The van der Waals surface area contributed by atoms with Crippen LogP contribution in [0.5, 0.6) is 5.75 Å². The van der Waals surface area contributed by atoms with Gasteiger partial charge in [-0.15, -0.1) is 0 Å². The van der Waals surface area contributed by atoms with Gasteiger partial charge in [-0.05, 0) is 72.3 Å². The van der Waals surface area contributed by atoms with Gasteiger partial charge in [-0.2, -0.15) is 0 Å². The highest BCUT2D eigenvalue weighted by Gasteiger charge is 2.23. The molecule has 7 heteroatoms. The number of likely N-dealkylation sites (tertiary alicyclic amines) is 1. The highest BCUT2D eigenvalue weighted by Crippen LogP contribution is 2.34. The third-order valence-electron chi connectivity index (χ3n) is 5.61. The molecule has 2 aromatic rings. The van der Waals surface area contributed by atoms with Crippen LogP contribution in [-0.4, -0.2) is 62.9 Å². The van der Waals surface area contributed by atoms with Crippen molar-refractivity contribution >= 4 is 17.6 Å². The average molecular weight is 416 g/mol. The monoisotopic (exact) mass is 415 g/mol. The molecule has 0 spiro atoms. The minimum Gasteiger partial charge on any atom is -0.508 e. The molecule has 1 atom stereocenters. The number of piperidine rings is 1. The van der Waals surface area contributed by atoms with E-state index in [9.17, 15) is 10.2 Å². The van der Waals surface area contributed by atoms with Crippen molar-refractivity contribution in [3.8, 4) is 5.75 Å². The molecule has 2 heterocycles. The molecule has 0 amide bonds. The summed E-state index contributed by atoms with van der Waals surface area (Å²) in [7, 11) is 0. The van der Waals surface area contributed by atoms with Crippen LogP contribution in [0.2, 0.25) is 0 Å². The van der Waals surface area contributed by atoms with E-state index in [0.29, 0.717) is 18.3 Å². The van der Waals surface area contributed by atoms with E-state index in [4.69, 9.17) is 5.11 Å². The van der Waals surface area contributed by atoms with Gasteiger partial charge >= 0.3 is 0 Å². The normalized spacial score (nSPS) is 19.2. The molecule has 0 bridgehead atoms. The maximum Gasteiger partial charge on any atom is 0.115 e. The van der Waals surface area contributed by atoms with Crippen molar-refractivity contribution in [2.75, 3.05) is 31.6 Å². The summed E-state index contributed by atoms with van der Waals surface area (Å²) in [5.41, 5.74) is 3.91. The van der Waals surface area contributed by atoms with Crippen LogP contribution in [-0.2, 0) is 13.1 Å². The Bertz CT molecular complexity index is 809. The van der Waals surface area contributed by atoms with Crippen molar-refractivity contribution in [1.82, 2.24) is 9.21 Å². The SMILES string of the molecule is OCC(O)CN1CCC(Nc2ccc3c(c2)CN(Sc2ccc(O)cc2)C3)CC1. The number of aliphatic hydroxyl groups is 2. The van der Waals surface area contributed by atoms with Crippen LogP contribution >= 0.6 is 11.9 Å². The predicted octanol–water partition coefficient (Wildman–Crippen LogP) is 2.64. The number of benzene rings is 2. The van der Waals surface area contributed by atoms with Crippen LogP contribution in [0.3, 0.4) is 0 Å². The van der Waals surface area contributed by atoms with Crippen LogP contribution in [0, 0.1) is 0 Å². The lowest BCUT2D eigenvalue weighted by molar-refractivity contribution is 0.0522. The van der Waals surface area contributed by atoms with Crippen molar-refractivity contribution < 1.29 is 15.3 Å². The van der Waals surface area contributed by atoms with E-state index in [1.54, 1.807) is 24.1 Å². The van der Waals surface area contributed by atoms with Crippen molar-refractivity contribution in [2.24, 2.45) is 0 Å². The van der Waals surface area contributed by atoms with Gasteiger partial charge in [-0.25, -0.2) is 4.31 Å². The number of nitrogens with one attached hydrogen (secondary N) is 1. The summed E-state index contributed by atoms with van der Waals surface area (Å²) in [5.74, 6) is 0.296. The molecular formula is C22H29N3O3S. The van der Waals surface area contributed by atoms with E-state index < -0.39 is 6.10 Å². The second kappa shape index (κ2) is 9.36. The summed E-state index contributed by atoms with van der Waals surface area (Å²) in [5, 5.41) is 31.7. The van der Waals surface area contributed by atoms with Crippen molar-refractivity contribution in [1.29, 1.82) is 0 Å². The molecule has 0 saturated carbocycles. The van der Waals surface area contributed by atoms with Crippen molar-refractivity contribution in [3.63, 3.8) is 0 Å². The number of hydrogen-bond donors (Lipinski definition) is 4. The first-order valence-electron chi connectivity index (χ1n) is 10.2. The third kappa shape index (κ3) is 5.43. The standard InChI is InChI=1S/C22H29N3O3S/c26-15-21(28)14-24-9-7-18(8-10-24)23-19-2-1-16-12-25(13-17(16)11-19)29-22-5-3-20(27)4-6-22/h1-6,11,18,21,23,26-28H,7-10,12-15H2. The van der Waals surface area contributed by atoms with Crippen LogP contribution < -0.4 is 5.32 Å². The number of aliphatic hydroxyl groups excluding tert-OH is 2. The fourth-order valence-electron chi connectivity index (χ4n) is 4.03. The van der Waals surface area contributed by atoms with Crippen LogP contribution in [0.4, 0.5) is 5.69 Å². The zero-order chi connectivity index (χ0) is 20.2. The molecule has 0 radical (unpaired) electrons. The van der Waals surface area contributed by atoms with Crippen LogP contribution in [0.1, 0.15) is 24.0 Å². The molecule has 2 aliphatic heterocycles. The van der Waals surface area contributed by atoms with E-state index in [1.165, 1.54) is 16.8 Å². The first-order chi connectivity index (χ1) is 14.1. The van der Waals surface area contributed by atoms with E-state index >= 15 is 0 Å². The quantitative estimate of drug-likeness (QED) is 0.518. The Kier molecular flexibility index (Phi) is 6.62. The maximum absolute atomic E-state index is 9.60. The molecule has 29 heavy (non-hydrogen) atoms. The highest BCUT2D eigenvalue weighted by molar-refractivity contribution is 7.97. The predicted molar refractivity (Wildman–Crippen MR) is 116 cm³/mol. The number of phenols is 1. The summed E-state index contributed by atoms with van der Waals surface area (Å²) in [6.07, 6.45) is 1.44. The van der Waals surface area contributed by atoms with Crippen molar-refractivity contribution in [2.45, 2.75) is 43.0 Å². The minimum absolute atomic E-state index is 0.171. The Morgan fingerprint density at radius 3 is 2.48 bits per heavy atom. The van der Waals surface area contributed by atoms with E-state index in [1.807, 2.05) is 12.1 Å². The van der Waals surface area contributed by atoms with E-state index in [-0.39, 0.29) is 6.61 Å². The molecule has 4 rings (SSSR count).